The molecule has 0 aliphatic heterocycles. The number of carbonyl (C=O) groups is 1. The van der Waals surface area contributed by atoms with Gasteiger partial charge in [0, 0.05) is 18.8 Å². The maximum Gasteiger partial charge on any atom is 0.305 e. The highest BCUT2D eigenvalue weighted by molar-refractivity contribution is 5.67. The van der Waals surface area contributed by atoms with E-state index in [9.17, 15) is 4.79 Å². The van der Waals surface area contributed by atoms with Crippen LogP contribution in [0.15, 0.2) is 54.6 Å². The van der Waals surface area contributed by atoms with Gasteiger partial charge in [0.1, 0.15) is 0 Å². The second kappa shape index (κ2) is 7.64. The van der Waals surface area contributed by atoms with Gasteiger partial charge in [-0.05, 0) is 29.2 Å². The van der Waals surface area contributed by atoms with Crippen LogP contribution in [0, 0.1) is 0 Å². The van der Waals surface area contributed by atoms with Crippen molar-refractivity contribution in [1.82, 2.24) is 0 Å². The average Bonchev–Trinajstić information content (AvgIpc) is 2.52. The van der Waals surface area contributed by atoms with E-state index >= 15 is 0 Å². The molecule has 2 rings (SSSR count). The Bertz CT molecular complexity index is 591. The summed E-state index contributed by atoms with van der Waals surface area (Å²) < 4.78 is 0. The smallest absolute Gasteiger partial charge is 0.305 e. The summed E-state index contributed by atoms with van der Waals surface area (Å²) in [4.78, 5) is 13.0. The van der Waals surface area contributed by atoms with E-state index in [1.165, 1.54) is 11.1 Å². The van der Waals surface area contributed by atoms with Crippen LogP contribution in [-0.4, -0.2) is 17.6 Å². The van der Waals surface area contributed by atoms with Crippen LogP contribution in [0.1, 0.15) is 37.3 Å². The predicted molar refractivity (Wildman–Crippen MR) is 90.3 cm³/mol. The Morgan fingerprint density at radius 2 is 1.68 bits per heavy atom. The lowest BCUT2D eigenvalue weighted by Gasteiger charge is -2.25. The zero-order chi connectivity index (χ0) is 15.9. The fourth-order valence-electron chi connectivity index (χ4n) is 2.40. The molecule has 0 bridgehead atoms. The third-order valence-corrected chi connectivity index (χ3v) is 3.74. The van der Waals surface area contributed by atoms with Crippen molar-refractivity contribution in [2.45, 2.75) is 32.7 Å². The number of carboxylic acid groups (broad SMARTS) is 1. The highest BCUT2D eigenvalue weighted by Gasteiger charge is 2.10. The Balaban J connectivity index is 2.17. The van der Waals surface area contributed by atoms with E-state index in [2.05, 4.69) is 55.1 Å². The van der Waals surface area contributed by atoms with Crippen LogP contribution in [-0.2, 0) is 11.3 Å². The largest absolute Gasteiger partial charge is 0.481 e. The Morgan fingerprint density at radius 1 is 1.05 bits per heavy atom. The first kappa shape index (κ1) is 16.1. The number of anilines is 1. The summed E-state index contributed by atoms with van der Waals surface area (Å²) in [6.45, 7) is 5.56. The van der Waals surface area contributed by atoms with Gasteiger partial charge in [-0.3, -0.25) is 4.79 Å². The molecule has 0 saturated heterocycles. The highest BCUT2D eigenvalue weighted by Crippen LogP contribution is 2.22. The molecule has 0 amide bonds. The zero-order valence-corrected chi connectivity index (χ0v) is 13.2. The maximum atomic E-state index is 10.9. The maximum absolute atomic E-state index is 10.9. The first-order valence-electron chi connectivity index (χ1n) is 7.67. The van der Waals surface area contributed by atoms with Crippen LogP contribution in [0.2, 0.25) is 0 Å². The van der Waals surface area contributed by atoms with E-state index in [0.717, 1.165) is 12.2 Å². The van der Waals surface area contributed by atoms with Gasteiger partial charge in [-0.25, -0.2) is 0 Å². The highest BCUT2D eigenvalue weighted by atomic mass is 16.4. The topological polar surface area (TPSA) is 40.5 Å². The van der Waals surface area contributed by atoms with Gasteiger partial charge in [-0.15, -0.1) is 0 Å². The molecule has 0 unspecified atom stereocenters. The van der Waals surface area contributed by atoms with Crippen LogP contribution in [0.25, 0.3) is 0 Å². The van der Waals surface area contributed by atoms with E-state index in [4.69, 9.17) is 5.11 Å². The van der Waals surface area contributed by atoms with Crippen molar-refractivity contribution in [3.63, 3.8) is 0 Å². The Morgan fingerprint density at radius 3 is 2.23 bits per heavy atom. The van der Waals surface area contributed by atoms with Gasteiger partial charge in [0.25, 0.3) is 0 Å². The minimum absolute atomic E-state index is 0.138. The third kappa shape index (κ3) is 4.62. The van der Waals surface area contributed by atoms with Crippen LogP contribution < -0.4 is 4.90 Å². The zero-order valence-electron chi connectivity index (χ0n) is 13.2. The minimum Gasteiger partial charge on any atom is -0.481 e. The molecule has 0 aromatic heterocycles. The van der Waals surface area contributed by atoms with E-state index < -0.39 is 5.97 Å². The quantitative estimate of drug-likeness (QED) is 0.828. The summed E-state index contributed by atoms with van der Waals surface area (Å²) in [5.74, 6) is -0.271. The first-order chi connectivity index (χ1) is 10.6. The molecule has 0 spiro atoms. The summed E-state index contributed by atoms with van der Waals surface area (Å²) in [6, 6.07) is 18.5. The van der Waals surface area contributed by atoms with Crippen molar-refractivity contribution in [2.24, 2.45) is 0 Å². The molecule has 3 nitrogen and oxygen atoms in total. The summed E-state index contributed by atoms with van der Waals surface area (Å²) in [6.07, 6.45) is 0.138. The van der Waals surface area contributed by atoms with Crippen molar-refractivity contribution >= 4 is 11.7 Å². The molecule has 0 fully saturated rings. The number of carboxylic acids is 1. The van der Waals surface area contributed by atoms with Crippen molar-refractivity contribution in [2.75, 3.05) is 11.4 Å². The summed E-state index contributed by atoms with van der Waals surface area (Å²) in [5.41, 5.74) is 3.54. The van der Waals surface area contributed by atoms with Crippen LogP contribution in [0.3, 0.4) is 0 Å². The molecule has 3 heteroatoms. The number of benzene rings is 2. The summed E-state index contributed by atoms with van der Waals surface area (Å²) >= 11 is 0. The third-order valence-electron chi connectivity index (χ3n) is 3.74. The number of aliphatic carboxylic acids is 1. The van der Waals surface area contributed by atoms with Gasteiger partial charge in [0.05, 0.1) is 6.42 Å². The lowest BCUT2D eigenvalue weighted by molar-refractivity contribution is -0.136. The molecular formula is C19H23NO2. The van der Waals surface area contributed by atoms with E-state index in [1.54, 1.807) is 0 Å². The Kier molecular flexibility index (Phi) is 5.59. The van der Waals surface area contributed by atoms with Crippen LogP contribution in [0.4, 0.5) is 5.69 Å². The standard InChI is InChI=1S/C19H23NO2/c1-15(2)17-8-10-18(11-9-17)20(13-12-19(21)22)14-16-6-4-3-5-7-16/h3-11,15H,12-14H2,1-2H3,(H,21,22). The Labute approximate surface area is 132 Å². The molecule has 0 saturated carbocycles. The molecule has 0 atom stereocenters. The van der Waals surface area contributed by atoms with Crippen LogP contribution >= 0.6 is 0 Å². The molecule has 0 radical (unpaired) electrons. The summed E-state index contributed by atoms with van der Waals surface area (Å²) in [7, 11) is 0. The molecule has 116 valence electrons. The lowest BCUT2D eigenvalue weighted by Crippen LogP contribution is -2.25. The number of hydrogen-bond donors (Lipinski definition) is 1. The van der Waals surface area contributed by atoms with Gasteiger partial charge < -0.3 is 10.0 Å². The van der Waals surface area contributed by atoms with E-state index in [-0.39, 0.29) is 6.42 Å². The fourth-order valence-corrected chi connectivity index (χ4v) is 2.40. The van der Waals surface area contributed by atoms with Crippen molar-refractivity contribution in [3.8, 4) is 0 Å². The molecule has 0 heterocycles. The number of nitrogens with zero attached hydrogens (tertiary/aromatic N) is 1. The predicted octanol–water partition coefficient (Wildman–Crippen LogP) is 4.29. The number of hydrogen-bond acceptors (Lipinski definition) is 2. The Hall–Kier alpha value is -2.29. The average molecular weight is 297 g/mol. The second-order valence-corrected chi connectivity index (χ2v) is 5.80. The molecule has 2 aromatic rings. The first-order valence-corrected chi connectivity index (χ1v) is 7.67. The van der Waals surface area contributed by atoms with Gasteiger partial charge in [0.15, 0.2) is 0 Å². The normalized spacial score (nSPS) is 10.7. The molecule has 1 N–H and O–H groups in total. The van der Waals surface area contributed by atoms with Crippen molar-refractivity contribution < 1.29 is 9.90 Å². The number of rotatable bonds is 7. The van der Waals surface area contributed by atoms with E-state index in [0.29, 0.717) is 12.5 Å². The molecule has 22 heavy (non-hydrogen) atoms. The molecule has 0 aliphatic rings. The van der Waals surface area contributed by atoms with Gasteiger partial charge in [-0.2, -0.15) is 0 Å². The minimum atomic E-state index is -0.767. The monoisotopic (exact) mass is 297 g/mol. The van der Waals surface area contributed by atoms with Crippen molar-refractivity contribution in [3.05, 3.63) is 65.7 Å². The summed E-state index contributed by atoms with van der Waals surface area (Å²) in [5, 5.41) is 8.97. The van der Waals surface area contributed by atoms with Gasteiger partial charge in [0.2, 0.25) is 0 Å². The van der Waals surface area contributed by atoms with E-state index in [1.807, 2.05) is 18.2 Å². The second-order valence-electron chi connectivity index (χ2n) is 5.80. The van der Waals surface area contributed by atoms with Gasteiger partial charge >= 0.3 is 5.97 Å². The molecule has 0 aliphatic carbocycles. The fraction of sp³-hybridized carbons (Fsp3) is 0.316. The SMILES string of the molecule is CC(C)c1ccc(N(CCC(=O)O)Cc2ccccc2)cc1. The van der Waals surface area contributed by atoms with Crippen molar-refractivity contribution in [1.29, 1.82) is 0 Å². The molecule has 2 aromatic carbocycles. The molecular weight excluding hydrogens is 274 g/mol. The van der Waals surface area contributed by atoms with Crippen LogP contribution in [0.5, 0.6) is 0 Å². The lowest BCUT2D eigenvalue weighted by atomic mass is 10.0. The van der Waals surface area contributed by atoms with Gasteiger partial charge in [-0.1, -0.05) is 56.3 Å².